The Hall–Kier alpha value is 0.537. The molecule has 0 spiro atoms. The largest absolute Gasteiger partial charge is 1.00 e. The number of halogens is 1. The monoisotopic (exact) mass is 273 g/mol. The first-order chi connectivity index (χ1) is 5.39. The second kappa shape index (κ2) is 6.10. The average molecular weight is 274 g/mol. The van der Waals surface area contributed by atoms with Crippen LogP contribution in [0, 0.1) is 0 Å². The van der Waals surface area contributed by atoms with Gasteiger partial charge in [0.25, 0.3) is 0 Å². The summed E-state index contributed by atoms with van der Waals surface area (Å²) in [5.74, 6) is 0. The van der Waals surface area contributed by atoms with Crippen LogP contribution in [0.2, 0.25) is 0 Å². The average Bonchev–Trinajstić information content (AvgIpc) is 1.99. The van der Waals surface area contributed by atoms with Crippen LogP contribution in [-0.4, -0.2) is 61.9 Å². The van der Waals surface area contributed by atoms with E-state index in [1.165, 1.54) is 0 Å². The van der Waals surface area contributed by atoms with E-state index in [2.05, 4.69) is 21.1 Å². The Kier molecular flexibility index (Phi) is 7.50. The third kappa shape index (κ3) is 5.77. The van der Waals surface area contributed by atoms with Crippen LogP contribution in [0.25, 0.3) is 0 Å². The second-order valence-electron chi connectivity index (χ2n) is 3.74. The summed E-state index contributed by atoms with van der Waals surface area (Å²) >= 11 is 0. The van der Waals surface area contributed by atoms with Gasteiger partial charge in [-0.1, -0.05) is 0 Å². The van der Waals surface area contributed by atoms with E-state index in [4.69, 9.17) is 13.3 Å². The van der Waals surface area contributed by atoms with Crippen molar-refractivity contribution in [2.24, 2.45) is 0 Å². The number of rotatable bonds is 5. The summed E-state index contributed by atoms with van der Waals surface area (Å²) in [7, 11) is 8.77. The summed E-state index contributed by atoms with van der Waals surface area (Å²) in [6.07, 6.45) is 0.774. The zero-order valence-corrected chi connectivity index (χ0v) is 11.8. The van der Waals surface area contributed by atoms with Crippen molar-refractivity contribution < 1.29 is 34.7 Å². The highest BCUT2D eigenvalue weighted by molar-refractivity contribution is 6.60. The van der Waals surface area contributed by atoms with E-state index < -0.39 is 8.80 Å². The third-order valence-corrected chi connectivity index (χ3v) is 4.80. The van der Waals surface area contributed by atoms with Crippen molar-refractivity contribution >= 4 is 8.80 Å². The molecular formula is C7H20BrNO3Si. The molecule has 0 amide bonds. The van der Waals surface area contributed by atoms with Crippen LogP contribution < -0.4 is 17.0 Å². The van der Waals surface area contributed by atoms with Gasteiger partial charge in [0.15, 0.2) is 0 Å². The standard InChI is InChI=1S/C7H20NO3Si.BrH/c1-8(2,3)7-12(9-4,10-5)11-6;/h7H2,1-6H3;1H/q+1;/p-1. The molecule has 0 bridgehead atoms. The molecule has 13 heavy (non-hydrogen) atoms. The molecule has 0 aromatic carbocycles. The molecule has 0 heterocycles. The molecule has 0 radical (unpaired) electrons. The lowest BCUT2D eigenvalue weighted by Gasteiger charge is -2.32. The molecule has 0 aliphatic rings. The van der Waals surface area contributed by atoms with Crippen LogP contribution in [0.15, 0.2) is 0 Å². The summed E-state index contributed by atoms with van der Waals surface area (Å²) in [6, 6.07) is 0. The molecular weight excluding hydrogens is 254 g/mol. The zero-order valence-electron chi connectivity index (χ0n) is 9.26. The highest BCUT2D eigenvalue weighted by Gasteiger charge is 2.44. The van der Waals surface area contributed by atoms with E-state index in [-0.39, 0.29) is 17.0 Å². The van der Waals surface area contributed by atoms with Crippen molar-refractivity contribution in [1.82, 2.24) is 0 Å². The lowest BCUT2D eigenvalue weighted by molar-refractivity contribution is -0.862. The minimum Gasteiger partial charge on any atom is -1.00 e. The SMILES string of the molecule is CO[Si](C[N+](C)(C)C)(OC)OC.[Br-]. The molecule has 4 nitrogen and oxygen atoms in total. The molecule has 0 aliphatic carbocycles. The van der Waals surface area contributed by atoms with Gasteiger partial charge >= 0.3 is 8.80 Å². The predicted octanol–water partition coefficient (Wildman–Crippen LogP) is -2.89. The summed E-state index contributed by atoms with van der Waals surface area (Å²) in [5.41, 5.74) is 0. The lowest BCUT2D eigenvalue weighted by atomic mass is 10.8. The van der Waals surface area contributed by atoms with Gasteiger partial charge in [-0.05, 0) is 0 Å². The Balaban J connectivity index is 0. The maximum atomic E-state index is 5.29. The number of nitrogens with zero attached hydrogens (tertiary/aromatic N) is 1. The normalized spacial score (nSPS) is 12.5. The molecule has 82 valence electrons. The first-order valence-electron chi connectivity index (χ1n) is 3.85. The molecule has 0 saturated heterocycles. The first kappa shape index (κ1) is 16.0. The lowest BCUT2D eigenvalue weighted by Crippen LogP contribution is -3.00. The maximum Gasteiger partial charge on any atom is 0.558 e. The molecule has 0 fully saturated rings. The highest BCUT2D eigenvalue weighted by atomic mass is 79.9. The Morgan fingerprint density at radius 3 is 1.31 bits per heavy atom. The summed E-state index contributed by atoms with van der Waals surface area (Å²) in [6.45, 7) is 0. The minimum atomic E-state index is -2.38. The van der Waals surface area contributed by atoms with Crippen molar-refractivity contribution in [1.29, 1.82) is 0 Å². The first-order valence-corrected chi connectivity index (χ1v) is 5.78. The number of hydrogen-bond donors (Lipinski definition) is 0. The molecule has 0 N–H and O–H groups in total. The van der Waals surface area contributed by atoms with E-state index in [1.54, 1.807) is 21.3 Å². The quantitative estimate of drug-likeness (QED) is 0.398. The van der Waals surface area contributed by atoms with Crippen LogP contribution in [0.3, 0.4) is 0 Å². The van der Waals surface area contributed by atoms with Gasteiger partial charge in [0.2, 0.25) is 0 Å². The minimum absolute atomic E-state index is 0. The van der Waals surface area contributed by atoms with E-state index >= 15 is 0 Å². The van der Waals surface area contributed by atoms with Gasteiger partial charge in [0, 0.05) is 21.3 Å². The summed E-state index contributed by atoms with van der Waals surface area (Å²) < 4.78 is 16.7. The molecule has 0 atom stereocenters. The van der Waals surface area contributed by atoms with Gasteiger partial charge in [0.1, 0.15) is 6.17 Å². The van der Waals surface area contributed by atoms with Crippen LogP contribution in [0.4, 0.5) is 0 Å². The smallest absolute Gasteiger partial charge is 0.558 e. The van der Waals surface area contributed by atoms with Gasteiger partial charge < -0.3 is 34.7 Å². The van der Waals surface area contributed by atoms with Crippen molar-refractivity contribution in [3.8, 4) is 0 Å². The maximum absolute atomic E-state index is 5.29. The highest BCUT2D eigenvalue weighted by Crippen LogP contribution is 2.09. The Bertz CT molecular complexity index is 128. The van der Waals surface area contributed by atoms with E-state index in [0.717, 1.165) is 10.7 Å². The number of hydrogen-bond acceptors (Lipinski definition) is 3. The second-order valence-corrected chi connectivity index (χ2v) is 6.65. The van der Waals surface area contributed by atoms with E-state index in [1.807, 2.05) is 0 Å². The molecule has 0 aromatic heterocycles. The summed E-state index contributed by atoms with van der Waals surface area (Å²) in [5, 5.41) is 0. The van der Waals surface area contributed by atoms with E-state index in [9.17, 15) is 0 Å². The van der Waals surface area contributed by atoms with Crippen LogP contribution in [0.5, 0.6) is 0 Å². The molecule has 0 aromatic rings. The third-order valence-electron chi connectivity index (χ3n) is 1.60. The molecule has 6 heteroatoms. The fourth-order valence-electron chi connectivity index (χ4n) is 1.02. The Morgan fingerprint density at radius 1 is 0.923 bits per heavy atom. The topological polar surface area (TPSA) is 27.7 Å². The fraction of sp³-hybridized carbons (Fsp3) is 1.00. The molecule has 0 unspecified atom stereocenters. The molecule has 0 aliphatic heterocycles. The zero-order chi connectivity index (χ0) is 9.83. The van der Waals surface area contributed by atoms with Crippen LogP contribution in [-0.2, 0) is 13.3 Å². The molecule has 0 rings (SSSR count). The van der Waals surface area contributed by atoms with Gasteiger partial charge in [-0.25, -0.2) is 0 Å². The van der Waals surface area contributed by atoms with E-state index in [0.29, 0.717) is 0 Å². The summed E-state index contributed by atoms with van der Waals surface area (Å²) in [4.78, 5) is 0. The van der Waals surface area contributed by atoms with Crippen LogP contribution in [0.1, 0.15) is 0 Å². The van der Waals surface area contributed by atoms with Crippen LogP contribution >= 0.6 is 0 Å². The van der Waals surface area contributed by atoms with Crippen molar-refractivity contribution in [2.45, 2.75) is 0 Å². The van der Waals surface area contributed by atoms with Gasteiger partial charge in [-0.3, -0.25) is 0 Å². The van der Waals surface area contributed by atoms with Crippen molar-refractivity contribution in [3.63, 3.8) is 0 Å². The van der Waals surface area contributed by atoms with Gasteiger partial charge in [-0.15, -0.1) is 0 Å². The number of quaternary nitrogens is 1. The van der Waals surface area contributed by atoms with Gasteiger partial charge in [-0.2, -0.15) is 0 Å². The van der Waals surface area contributed by atoms with Crippen molar-refractivity contribution in [3.05, 3.63) is 0 Å². The Labute approximate surface area is 92.5 Å². The predicted molar refractivity (Wildman–Crippen MR) is 49.7 cm³/mol. The van der Waals surface area contributed by atoms with Crippen molar-refractivity contribution in [2.75, 3.05) is 48.6 Å². The van der Waals surface area contributed by atoms with Gasteiger partial charge in [0.05, 0.1) is 21.1 Å². The Morgan fingerprint density at radius 2 is 1.23 bits per heavy atom. The fourth-order valence-corrected chi connectivity index (χ4v) is 3.07. The molecule has 0 saturated carbocycles.